The zero-order chi connectivity index (χ0) is 18.4. The quantitative estimate of drug-likeness (QED) is 0.626. The number of aliphatic imine (C=N–C) groups is 1. The molecule has 5 nitrogen and oxygen atoms in total. The summed E-state index contributed by atoms with van der Waals surface area (Å²) in [6.07, 6.45) is 1.83. The summed E-state index contributed by atoms with van der Waals surface area (Å²) in [6.45, 7) is 10.7. The molecule has 0 aliphatic carbocycles. The van der Waals surface area contributed by atoms with E-state index in [4.69, 9.17) is 16.6 Å². The van der Waals surface area contributed by atoms with Crippen molar-refractivity contribution in [3.63, 3.8) is 0 Å². The Morgan fingerprint density at radius 1 is 1.27 bits per heavy atom. The highest BCUT2D eigenvalue weighted by Crippen LogP contribution is 2.23. The number of nitrogens with one attached hydrogen (secondary N) is 1. The van der Waals surface area contributed by atoms with Gasteiger partial charge in [0.1, 0.15) is 0 Å². The van der Waals surface area contributed by atoms with Crippen molar-refractivity contribution in [2.75, 3.05) is 32.7 Å². The van der Waals surface area contributed by atoms with E-state index in [-0.39, 0.29) is 0 Å². The van der Waals surface area contributed by atoms with Gasteiger partial charge in [-0.25, -0.2) is 4.99 Å². The normalized spacial score (nSPS) is 16.1. The first-order valence-corrected chi connectivity index (χ1v) is 10.3. The molecule has 2 aromatic heterocycles. The van der Waals surface area contributed by atoms with Gasteiger partial charge in [-0.1, -0.05) is 17.7 Å². The monoisotopic (exact) mass is 391 g/mol. The second-order valence-corrected chi connectivity index (χ2v) is 8.21. The number of aromatic nitrogens is 1. The van der Waals surface area contributed by atoms with Gasteiger partial charge in [0.05, 0.1) is 16.6 Å². The SMILES string of the molecule is CCNC(=NCc1ncccc1C)N1CCN(Cc2ccc(Cl)s2)CC1. The molecule has 1 aliphatic heterocycles. The van der Waals surface area contributed by atoms with E-state index in [9.17, 15) is 0 Å². The number of rotatable bonds is 5. The lowest BCUT2D eigenvalue weighted by Crippen LogP contribution is -2.52. The highest BCUT2D eigenvalue weighted by atomic mass is 35.5. The van der Waals surface area contributed by atoms with Crippen molar-refractivity contribution in [2.24, 2.45) is 4.99 Å². The Hall–Kier alpha value is -1.63. The molecule has 140 valence electrons. The lowest BCUT2D eigenvalue weighted by atomic mass is 10.2. The van der Waals surface area contributed by atoms with Gasteiger partial charge < -0.3 is 10.2 Å². The van der Waals surface area contributed by atoms with Crippen molar-refractivity contribution in [3.05, 3.63) is 50.9 Å². The van der Waals surface area contributed by atoms with Crippen LogP contribution in [0.1, 0.15) is 23.1 Å². The van der Waals surface area contributed by atoms with Crippen LogP contribution in [-0.2, 0) is 13.1 Å². The summed E-state index contributed by atoms with van der Waals surface area (Å²) < 4.78 is 0.866. The number of thiophene rings is 1. The minimum atomic E-state index is 0.614. The molecule has 7 heteroatoms. The fourth-order valence-corrected chi connectivity index (χ4v) is 4.16. The second-order valence-electron chi connectivity index (χ2n) is 6.41. The molecule has 2 aromatic rings. The van der Waals surface area contributed by atoms with Gasteiger partial charge in [0, 0.05) is 50.3 Å². The lowest BCUT2D eigenvalue weighted by Gasteiger charge is -2.36. The number of nitrogens with zero attached hydrogens (tertiary/aromatic N) is 4. The molecule has 1 N–H and O–H groups in total. The fourth-order valence-electron chi connectivity index (χ4n) is 3.03. The Morgan fingerprint density at radius 2 is 2.08 bits per heavy atom. The van der Waals surface area contributed by atoms with Crippen molar-refractivity contribution in [2.45, 2.75) is 26.9 Å². The zero-order valence-corrected chi connectivity index (χ0v) is 17.0. The van der Waals surface area contributed by atoms with Gasteiger partial charge in [-0.05, 0) is 37.6 Å². The highest BCUT2D eigenvalue weighted by molar-refractivity contribution is 7.16. The minimum absolute atomic E-state index is 0.614. The molecular formula is C19H26ClN5S. The van der Waals surface area contributed by atoms with Crippen molar-refractivity contribution in [3.8, 4) is 0 Å². The van der Waals surface area contributed by atoms with Crippen LogP contribution in [0.4, 0.5) is 0 Å². The Bertz CT molecular complexity index is 737. The number of hydrogen-bond acceptors (Lipinski definition) is 4. The highest BCUT2D eigenvalue weighted by Gasteiger charge is 2.20. The van der Waals surface area contributed by atoms with Crippen LogP contribution in [0.5, 0.6) is 0 Å². The van der Waals surface area contributed by atoms with E-state index in [1.54, 1.807) is 11.3 Å². The molecule has 1 saturated heterocycles. The topological polar surface area (TPSA) is 43.8 Å². The number of hydrogen-bond donors (Lipinski definition) is 1. The van der Waals surface area contributed by atoms with Gasteiger partial charge >= 0.3 is 0 Å². The molecule has 0 saturated carbocycles. The van der Waals surface area contributed by atoms with Crippen LogP contribution in [0.25, 0.3) is 0 Å². The molecule has 3 heterocycles. The first-order valence-electron chi connectivity index (χ1n) is 9.06. The van der Waals surface area contributed by atoms with Crippen LogP contribution in [0.2, 0.25) is 4.34 Å². The molecule has 0 aromatic carbocycles. The minimum Gasteiger partial charge on any atom is -0.357 e. The van der Waals surface area contributed by atoms with Crippen molar-refractivity contribution in [1.29, 1.82) is 0 Å². The Balaban J connectivity index is 1.57. The van der Waals surface area contributed by atoms with Gasteiger partial charge in [-0.3, -0.25) is 9.88 Å². The van der Waals surface area contributed by atoms with Gasteiger partial charge in [-0.15, -0.1) is 11.3 Å². The molecule has 1 fully saturated rings. The standard InChI is InChI=1S/C19H26ClN5S/c1-3-21-19(23-13-17-15(2)5-4-8-22-17)25-11-9-24(10-12-25)14-16-6-7-18(20)26-16/h4-8H,3,9-14H2,1-2H3,(H,21,23). The third kappa shape index (κ3) is 5.19. The molecule has 26 heavy (non-hydrogen) atoms. The number of guanidine groups is 1. The van der Waals surface area contributed by atoms with Crippen molar-refractivity contribution in [1.82, 2.24) is 20.1 Å². The molecule has 0 unspecified atom stereocenters. The van der Waals surface area contributed by atoms with Crippen LogP contribution < -0.4 is 5.32 Å². The van der Waals surface area contributed by atoms with Crippen molar-refractivity contribution >= 4 is 28.9 Å². The van der Waals surface area contributed by atoms with E-state index in [2.05, 4.69) is 46.1 Å². The van der Waals surface area contributed by atoms with Crippen LogP contribution in [0.15, 0.2) is 35.5 Å². The number of halogens is 1. The summed E-state index contributed by atoms with van der Waals surface area (Å²) >= 11 is 7.71. The first-order chi connectivity index (χ1) is 12.7. The van der Waals surface area contributed by atoms with Gasteiger partial charge in [-0.2, -0.15) is 0 Å². The van der Waals surface area contributed by atoms with Gasteiger partial charge in [0.2, 0.25) is 0 Å². The molecule has 0 bridgehead atoms. The summed E-state index contributed by atoms with van der Waals surface area (Å²) in [5, 5.41) is 3.42. The van der Waals surface area contributed by atoms with Crippen LogP contribution in [-0.4, -0.2) is 53.5 Å². The lowest BCUT2D eigenvalue weighted by molar-refractivity contribution is 0.173. The molecule has 0 amide bonds. The van der Waals surface area contributed by atoms with E-state index in [0.717, 1.165) is 55.3 Å². The van der Waals surface area contributed by atoms with E-state index < -0.39 is 0 Å². The number of piperazine rings is 1. The number of aryl methyl sites for hydroxylation is 1. The first kappa shape index (κ1) is 19.1. The number of pyridine rings is 1. The predicted octanol–water partition coefficient (Wildman–Crippen LogP) is 3.39. The Labute approximate surface area is 164 Å². The Morgan fingerprint density at radius 3 is 2.73 bits per heavy atom. The predicted molar refractivity (Wildman–Crippen MR) is 110 cm³/mol. The maximum Gasteiger partial charge on any atom is 0.194 e. The summed E-state index contributed by atoms with van der Waals surface area (Å²) in [6, 6.07) is 8.15. The summed E-state index contributed by atoms with van der Waals surface area (Å²) in [7, 11) is 0. The summed E-state index contributed by atoms with van der Waals surface area (Å²) in [5.74, 6) is 0.983. The molecule has 0 atom stereocenters. The largest absolute Gasteiger partial charge is 0.357 e. The van der Waals surface area contributed by atoms with Crippen LogP contribution >= 0.6 is 22.9 Å². The summed E-state index contributed by atoms with van der Waals surface area (Å²) in [4.78, 5) is 15.4. The van der Waals surface area contributed by atoms with Gasteiger partial charge in [0.15, 0.2) is 5.96 Å². The molecule has 0 radical (unpaired) electrons. The fraction of sp³-hybridized carbons (Fsp3) is 0.474. The molecule has 0 spiro atoms. The zero-order valence-electron chi connectivity index (χ0n) is 15.4. The molecule has 1 aliphatic rings. The van der Waals surface area contributed by atoms with E-state index in [1.165, 1.54) is 10.4 Å². The van der Waals surface area contributed by atoms with E-state index >= 15 is 0 Å². The Kier molecular flexibility index (Phi) is 6.88. The smallest absolute Gasteiger partial charge is 0.194 e. The van der Waals surface area contributed by atoms with Gasteiger partial charge in [0.25, 0.3) is 0 Å². The van der Waals surface area contributed by atoms with E-state index in [1.807, 2.05) is 18.3 Å². The average molecular weight is 392 g/mol. The van der Waals surface area contributed by atoms with Crippen LogP contribution in [0.3, 0.4) is 0 Å². The third-order valence-corrected chi connectivity index (χ3v) is 5.73. The molecule has 3 rings (SSSR count). The molecular weight excluding hydrogens is 366 g/mol. The third-order valence-electron chi connectivity index (χ3n) is 4.51. The van der Waals surface area contributed by atoms with Crippen molar-refractivity contribution < 1.29 is 0 Å². The second kappa shape index (κ2) is 9.35. The van der Waals surface area contributed by atoms with Crippen LogP contribution in [0, 0.1) is 6.92 Å². The summed E-state index contributed by atoms with van der Waals surface area (Å²) in [5.41, 5.74) is 2.22. The van der Waals surface area contributed by atoms with E-state index in [0.29, 0.717) is 6.54 Å². The average Bonchev–Trinajstić information content (AvgIpc) is 3.05. The maximum absolute atomic E-state index is 6.04. The maximum atomic E-state index is 6.04.